The van der Waals surface area contributed by atoms with Gasteiger partial charge in [0.1, 0.15) is 6.33 Å². The van der Waals surface area contributed by atoms with Gasteiger partial charge >= 0.3 is 6.18 Å². The van der Waals surface area contributed by atoms with Gasteiger partial charge in [0.25, 0.3) is 0 Å². The number of hydrogen-bond donors (Lipinski definition) is 2. The maximum Gasteiger partial charge on any atom is 0.416 e. The number of primary amides is 1. The van der Waals surface area contributed by atoms with Crippen molar-refractivity contribution >= 4 is 22.9 Å². The number of anilines is 1. The van der Waals surface area contributed by atoms with Gasteiger partial charge in [-0.3, -0.25) is 9.69 Å². The molecule has 1 saturated carbocycles. The molecule has 3 N–H and O–H groups in total. The number of hydrogen-bond acceptors (Lipinski definition) is 7. The molecule has 0 bridgehead atoms. The number of halogens is 3. The van der Waals surface area contributed by atoms with Crippen molar-refractivity contribution in [3.63, 3.8) is 0 Å². The van der Waals surface area contributed by atoms with Crippen LogP contribution in [0.5, 0.6) is 0 Å². The molecule has 5 rings (SSSR count). The van der Waals surface area contributed by atoms with Crippen LogP contribution >= 0.6 is 0 Å². The third kappa shape index (κ3) is 5.29. The Morgan fingerprint density at radius 1 is 1.19 bits per heavy atom. The average molecular weight is 504 g/mol. The van der Waals surface area contributed by atoms with Crippen molar-refractivity contribution in [2.75, 3.05) is 24.5 Å². The summed E-state index contributed by atoms with van der Waals surface area (Å²) in [4.78, 5) is 28.5. The number of aliphatic hydroxyl groups is 1. The van der Waals surface area contributed by atoms with E-state index in [4.69, 9.17) is 5.73 Å². The Hall–Kier alpha value is -3.25. The maximum atomic E-state index is 13.2. The molecule has 36 heavy (non-hydrogen) atoms. The molecular weight excluding hydrogens is 475 g/mol. The minimum absolute atomic E-state index is 0.0467. The minimum Gasteiger partial charge on any atom is -0.391 e. The molecule has 1 aliphatic carbocycles. The molecule has 0 unspecified atom stereocenters. The molecule has 2 aliphatic rings. The van der Waals surface area contributed by atoms with Crippen molar-refractivity contribution in [2.45, 2.75) is 50.7 Å². The molecule has 12 heteroatoms. The summed E-state index contributed by atoms with van der Waals surface area (Å²) in [7, 11) is 0. The Balaban J connectivity index is 1.37. The number of benzene rings is 1. The highest BCUT2D eigenvalue weighted by Gasteiger charge is 2.34. The van der Waals surface area contributed by atoms with Crippen LogP contribution in [0.15, 0.2) is 36.9 Å². The van der Waals surface area contributed by atoms with Crippen molar-refractivity contribution < 1.29 is 23.1 Å². The number of β-amino-alcohol motifs (C(OH)–C–C–N with tert-alkyl or cyclic N) is 1. The lowest BCUT2D eigenvalue weighted by Gasteiger charge is -2.35. The van der Waals surface area contributed by atoms with E-state index in [2.05, 4.69) is 15.0 Å². The van der Waals surface area contributed by atoms with Crippen molar-refractivity contribution in [1.29, 1.82) is 0 Å². The second kappa shape index (κ2) is 9.66. The minimum atomic E-state index is -4.40. The van der Waals surface area contributed by atoms with Crippen LogP contribution < -0.4 is 10.6 Å². The van der Waals surface area contributed by atoms with Gasteiger partial charge in [0.2, 0.25) is 5.91 Å². The van der Waals surface area contributed by atoms with Gasteiger partial charge in [-0.2, -0.15) is 13.2 Å². The second-order valence-corrected chi connectivity index (χ2v) is 9.64. The normalized spacial score (nSPS) is 21.1. The monoisotopic (exact) mass is 503 g/mol. The van der Waals surface area contributed by atoms with Crippen molar-refractivity contribution in [1.82, 2.24) is 24.4 Å². The highest BCUT2D eigenvalue weighted by atomic mass is 19.4. The van der Waals surface area contributed by atoms with Crippen LogP contribution in [0.1, 0.15) is 30.4 Å². The zero-order chi connectivity index (χ0) is 25.4. The van der Waals surface area contributed by atoms with Gasteiger partial charge in [0.15, 0.2) is 17.0 Å². The number of aliphatic hydroxyl groups excluding tert-OH is 1. The van der Waals surface area contributed by atoms with Crippen LogP contribution in [0.3, 0.4) is 0 Å². The van der Waals surface area contributed by atoms with E-state index in [1.165, 1.54) is 18.5 Å². The standard InChI is InChI=1S/C24H28F3N7O2/c25-24(26,27)17-3-1-2-15(8-17)9-34(18-4-5-18)23-21-22(29-13-30-23)33(14-31-21)10-16-6-7-32(11-19(16)35)12-20(28)36/h1-3,8,13-14,16,18-19,35H,4-7,9-12H2,(H2,28,36)/t16-,19+/m0/s1. The number of nitrogens with zero attached hydrogens (tertiary/aromatic N) is 6. The van der Waals surface area contributed by atoms with Gasteiger partial charge in [0, 0.05) is 31.6 Å². The SMILES string of the molecule is NC(=O)CN1CC[C@@H](Cn2cnc3c(N(Cc4cccc(C(F)(F)F)c4)C4CC4)ncnc32)[C@H](O)C1. The van der Waals surface area contributed by atoms with Crippen molar-refractivity contribution in [3.8, 4) is 0 Å². The van der Waals surface area contributed by atoms with Crippen LogP contribution in [-0.2, 0) is 24.1 Å². The summed E-state index contributed by atoms with van der Waals surface area (Å²) in [6.07, 6.45) is 0.644. The molecule has 3 aromatic rings. The zero-order valence-electron chi connectivity index (χ0n) is 19.6. The lowest BCUT2D eigenvalue weighted by atomic mass is 9.93. The second-order valence-electron chi connectivity index (χ2n) is 9.64. The number of alkyl halides is 3. The van der Waals surface area contributed by atoms with E-state index in [9.17, 15) is 23.1 Å². The summed E-state index contributed by atoms with van der Waals surface area (Å²) in [5, 5.41) is 10.6. The van der Waals surface area contributed by atoms with Crippen LogP contribution in [-0.4, -0.2) is 67.2 Å². The van der Waals surface area contributed by atoms with E-state index in [1.54, 1.807) is 12.4 Å². The third-order valence-electron chi connectivity index (χ3n) is 6.87. The number of rotatable bonds is 8. The number of nitrogens with two attached hydrogens (primary N) is 1. The Labute approximate surface area is 205 Å². The van der Waals surface area contributed by atoms with Crippen LogP contribution in [0.25, 0.3) is 11.2 Å². The molecule has 1 saturated heterocycles. The number of piperidine rings is 1. The van der Waals surface area contributed by atoms with Crippen LogP contribution in [0.4, 0.5) is 19.0 Å². The quantitative estimate of drug-likeness (QED) is 0.485. The van der Waals surface area contributed by atoms with E-state index in [0.717, 1.165) is 18.9 Å². The van der Waals surface area contributed by atoms with Gasteiger partial charge in [-0.1, -0.05) is 12.1 Å². The highest BCUT2D eigenvalue weighted by molar-refractivity contribution is 5.83. The molecule has 2 fully saturated rings. The van der Waals surface area contributed by atoms with Crippen LogP contribution in [0, 0.1) is 5.92 Å². The summed E-state index contributed by atoms with van der Waals surface area (Å²) in [5.41, 5.74) is 6.34. The van der Waals surface area contributed by atoms with Crippen molar-refractivity contribution in [3.05, 3.63) is 48.0 Å². The summed E-state index contributed by atoms with van der Waals surface area (Å²) in [5.74, 6) is 0.126. The Morgan fingerprint density at radius 2 is 2.00 bits per heavy atom. The molecule has 1 amide bonds. The number of carbonyl (C=O) groups excluding carboxylic acids is 1. The van der Waals surface area contributed by atoms with E-state index in [0.29, 0.717) is 48.6 Å². The predicted octanol–water partition coefficient (Wildman–Crippen LogP) is 2.18. The van der Waals surface area contributed by atoms with Gasteiger partial charge in [0.05, 0.1) is 24.5 Å². The number of imidazole rings is 1. The zero-order valence-corrected chi connectivity index (χ0v) is 19.6. The molecule has 0 radical (unpaired) electrons. The smallest absolute Gasteiger partial charge is 0.391 e. The summed E-state index contributed by atoms with van der Waals surface area (Å²) < 4.78 is 41.5. The Morgan fingerprint density at radius 3 is 2.69 bits per heavy atom. The van der Waals surface area contributed by atoms with Gasteiger partial charge < -0.3 is 20.3 Å². The van der Waals surface area contributed by atoms with E-state index in [1.807, 2.05) is 14.4 Å². The Bertz CT molecular complexity index is 1240. The summed E-state index contributed by atoms with van der Waals surface area (Å²) in [6, 6.07) is 5.54. The first kappa shape index (κ1) is 24.4. The topological polar surface area (TPSA) is 113 Å². The van der Waals surface area contributed by atoms with Crippen molar-refractivity contribution in [2.24, 2.45) is 11.7 Å². The highest BCUT2D eigenvalue weighted by Crippen LogP contribution is 2.36. The first-order chi connectivity index (χ1) is 17.2. The number of carbonyl (C=O) groups is 1. The van der Waals surface area contributed by atoms with Gasteiger partial charge in [-0.25, -0.2) is 15.0 Å². The summed E-state index contributed by atoms with van der Waals surface area (Å²) >= 11 is 0. The van der Waals surface area contributed by atoms with Gasteiger partial charge in [-0.15, -0.1) is 0 Å². The molecule has 1 aromatic carbocycles. The first-order valence-corrected chi connectivity index (χ1v) is 12.0. The molecular formula is C24H28F3N7O2. The maximum absolute atomic E-state index is 13.2. The van der Waals surface area contributed by atoms with E-state index >= 15 is 0 Å². The van der Waals surface area contributed by atoms with Gasteiger partial charge in [-0.05, 0) is 43.5 Å². The largest absolute Gasteiger partial charge is 0.416 e. The molecule has 3 heterocycles. The fraction of sp³-hybridized carbons (Fsp3) is 0.500. The van der Waals surface area contributed by atoms with Crippen LogP contribution in [0.2, 0.25) is 0 Å². The predicted molar refractivity (Wildman–Crippen MR) is 126 cm³/mol. The molecule has 2 atom stereocenters. The fourth-order valence-electron chi connectivity index (χ4n) is 4.89. The van der Waals surface area contributed by atoms with E-state index in [-0.39, 0.29) is 25.0 Å². The molecule has 0 spiro atoms. The Kier molecular flexibility index (Phi) is 6.56. The number of fused-ring (bicyclic) bond motifs is 1. The third-order valence-corrected chi connectivity index (χ3v) is 6.87. The number of amides is 1. The lowest BCUT2D eigenvalue weighted by molar-refractivity contribution is -0.137. The summed E-state index contributed by atoms with van der Waals surface area (Å²) in [6.45, 7) is 1.92. The molecule has 2 aromatic heterocycles. The van der Waals surface area contributed by atoms with E-state index < -0.39 is 23.8 Å². The fourth-order valence-corrected chi connectivity index (χ4v) is 4.89. The first-order valence-electron chi connectivity index (χ1n) is 12.0. The number of likely N-dealkylation sites (tertiary alicyclic amines) is 1. The molecule has 9 nitrogen and oxygen atoms in total. The average Bonchev–Trinajstić information content (AvgIpc) is 3.59. The lowest BCUT2D eigenvalue weighted by Crippen LogP contribution is -2.47. The molecule has 192 valence electrons. The molecule has 1 aliphatic heterocycles. The number of aromatic nitrogens is 4.